The molecule has 10 nitrogen and oxygen atoms in total. The zero-order valence-electron chi connectivity index (χ0n) is 15.6. The molecule has 2 atom stereocenters. The van der Waals surface area contributed by atoms with Crippen molar-refractivity contribution in [2.45, 2.75) is 12.1 Å². The highest BCUT2D eigenvalue weighted by Gasteiger charge is 2.48. The normalized spacial score (nSPS) is 21.0. The lowest BCUT2D eigenvalue weighted by atomic mass is 10.1. The van der Waals surface area contributed by atoms with Gasteiger partial charge in [-0.3, -0.25) is 19.5 Å². The van der Waals surface area contributed by atoms with Crippen LogP contribution in [0.15, 0.2) is 44.4 Å². The predicted molar refractivity (Wildman–Crippen MR) is 107 cm³/mol. The fourth-order valence-corrected chi connectivity index (χ4v) is 3.54. The zero-order valence-corrected chi connectivity index (χ0v) is 17.2. The molecule has 0 spiro atoms. The van der Waals surface area contributed by atoms with Gasteiger partial charge in [-0.2, -0.15) is 5.10 Å². The van der Waals surface area contributed by atoms with Crippen molar-refractivity contribution in [2.75, 3.05) is 26.0 Å². The number of hydrogen-bond acceptors (Lipinski definition) is 7. The van der Waals surface area contributed by atoms with Crippen molar-refractivity contribution in [2.24, 2.45) is 5.10 Å². The molecule has 2 unspecified atom stereocenters. The van der Waals surface area contributed by atoms with Gasteiger partial charge in [0.1, 0.15) is 12.6 Å². The molecular weight excluding hydrogens is 444 g/mol. The molecule has 1 N–H and O–H groups in total. The third kappa shape index (κ3) is 3.48. The second kappa shape index (κ2) is 7.32. The number of fused-ring (bicyclic) bond motifs is 1. The number of hydrazone groups is 1. The number of nitrogens with one attached hydrogen (secondary N) is 1. The van der Waals surface area contributed by atoms with Crippen molar-refractivity contribution in [1.82, 2.24) is 20.0 Å². The Morgan fingerprint density at radius 2 is 1.97 bits per heavy atom. The lowest BCUT2D eigenvalue weighted by Crippen LogP contribution is -2.64. The Kier molecular flexibility index (Phi) is 4.82. The molecule has 4 rings (SSSR count). The second-order valence-corrected chi connectivity index (χ2v) is 7.64. The van der Waals surface area contributed by atoms with Crippen LogP contribution in [0.4, 0.5) is 10.6 Å². The molecule has 1 aromatic carbocycles. The molecule has 2 aliphatic rings. The monoisotopic (exact) mass is 460 g/mol. The number of rotatable bonds is 4. The maximum absolute atomic E-state index is 12.5. The lowest BCUT2D eigenvalue weighted by molar-refractivity contribution is -0.137. The third-order valence-electron chi connectivity index (χ3n) is 4.84. The summed E-state index contributed by atoms with van der Waals surface area (Å²) >= 11 is 3.37. The van der Waals surface area contributed by atoms with Gasteiger partial charge in [-0.15, -0.1) is 0 Å². The lowest BCUT2D eigenvalue weighted by Gasteiger charge is -2.39. The van der Waals surface area contributed by atoms with Crippen LogP contribution in [0.25, 0.3) is 11.3 Å². The number of carbonyl (C=O) groups excluding carboxylic acids is 3. The average molecular weight is 461 g/mol. The topological polar surface area (TPSA) is 111 Å². The van der Waals surface area contributed by atoms with Gasteiger partial charge in [0.25, 0.3) is 5.91 Å². The Hall–Kier alpha value is -3.21. The molecule has 2 aliphatic heterocycles. The molecule has 1 saturated heterocycles. The number of anilines is 1. The number of carbonyl (C=O) groups is 3. The van der Waals surface area contributed by atoms with Crippen LogP contribution >= 0.6 is 15.9 Å². The first-order chi connectivity index (χ1) is 13.8. The maximum Gasteiger partial charge on any atom is 0.326 e. The summed E-state index contributed by atoms with van der Waals surface area (Å²) in [7, 11) is 3.00. The fraction of sp³-hybridized carbons (Fsp3) is 0.278. The van der Waals surface area contributed by atoms with Crippen molar-refractivity contribution in [3.05, 3.63) is 34.8 Å². The number of urea groups is 1. The Labute approximate surface area is 174 Å². The van der Waals surface area contributed by atoms with Crippen LogP contribution in [0.5, 0.6) is 0 Å². The average Bonchev–Trinajstić information content (AvgIpc) is 3.32. The number of aromatic nitrogens is 1. The number of likely N-dealkylation sites (N-methyl/N-ethyl adjacent to an activating group) is 2. The van der Waals surface area contributed by atoms with Crippen LogP contribution in [-0.2, 0) is 9.59 Å². The van der Waals surface area contributed by atoms with Crippen molar-refractivity contribution in [3.8, 4) is 11.3 Å². The van der Waals surface area contributed by atoms with Crippen molar-refractivity contribution >= 4 is 45.8 Å². The van der Waals surface area contributed by atoms with Gasteiger partial charge in [0.15, 0.2) is 17.6 Å². The van der Waals surface area contributed by atoms with Crippen molar-refractivity contribution < 1.29 is 18.9 Å². The van der Waals surface area contributed by atoms with Gasteiger partial charge in [-0.1, -0.05) is 33.2 Å². The molecule has 0 radical (unpaired) electrons. The van der Waals surface area contributed by atoms with Gasteiger partial charge in [-0.05, 0) is 12.1 Å². The quantitative estimate of drug-likeness (QED) is 0.741. The van der Waals surface area contributed by atoms with Crippen LogP contribution in [0.2, 0.25) is 0 Å². The Balaban J connectivity index is 1.42. The minimum absolute atomic E-state index is 0.167. The molecule has 1 aromatic heterocycles. The molecule has 1 fully saturated rings. The Morgan fingerprint density at radius 3 is 2.69 bits per heavy atom. The SMILES string of the molecule is CN1C(=O)C2C(C=NN2CC(=O)Nc2cc(-c3ccc(Br)cc3)on2)N(C)C1=O. The molecule has 0 aliphatic carbocycles. The van der Waals surface area contributed by atoms with Crippen LogP contribution in [0.3, 0.4) is 0 Å². The minimum Gasteiger partial charge on any atom is -0.354 e. The van der Waals surface area contributed by atoms with Gasteiger partial charge in [0.05, 0.1) is 0 Å². The van der Waals surface area contributed by atoms with Gasteiger partial charge < -0.3 is 14.7 Å². The smallest absolute Gasteiger partial charge is 0.326 e. The summed E-state index contributed by atoms with van der Waals surface area (Å²) in [5.74, 6) is -0.0425. The number of amides is 4. The van der Waals surface area contributed by atoms with Gasteiger partial charge >= 0.3 is 6.03 Å². The highest BCUT2D eigenvalue weighted by molar-refractivity contribution is 9.10. The molecule has 0 bridgehead atoms. The molecular formula is C18H17BrN6O4. The standard InChI is InChI=1S/C18H17BrN6O4/c1-23-12-8-20-25(16(12)17(27)24(2)18(23)28)9-15(26)21-14-7-13(29-22-14)10-3-5-11(19)6-4-10/h3-8,12,16H,9H2,1-2H3,(H,21,22,26). The van der Waals surface area contributed by atoms with E-state index in [9.17, 15) is 14.4 Å². The second-order valence-electron chi connectivity index (χ2n) is 6.72. The Morgan fingerprint density at radius 1 is 1.24 bits per heavy atom. The van der Waals surface area contributed by atoms with E-state index in [0.29, 0.717) is 5.76 Å². The first-order valence-electron chi connectivity index (χ1n) is 8.73. The number of nitrogens with zero attached hydrogens (tertiary/aromatic N) is 5. The highest BCUT2D eigenvalue weighted by Crippen LogP contribution is 2.25. The van der Waals surface area contributed by atoms with E-state index in [4.69, 9.17) is 4.52 Å². The van der Waals surface area contributed by atoms with Crippen LogP contribution in [0, 0.1) is 0 Å². The van der Waals surface area contributed by atoms with Gasteiger partial charge in [-0.25, -0.2) is 4.79 Å². The Bertz CT molecular complexity index is 1000. The molecule has 150 valence electrons. The molecule has 3 heterocycles. The molecule has 2 aromatic rings. The summed E-state index contributed by atoms with van der Waals surface area (Å²) in [6, 6.07) is 7.44. The summed E-state index contributed by atoms with van der Waals surface area (Å²) in [5, 5.41) is 12.0. The van der Waals surface area contributed by atoms with E-state index in [1.807, 2.05) is 24.3 Å². The van der Waals surface area contributed by atoms with Crippen LogP contribution < -0.4 is 5.32 Å². The molecule has 29 heavy (non-hydrogen) atoms. The third-order valence-corrected chi connectivity index (χ3v) is 5.37. The van der Waals surface area contributed by atoms with Crippen LogP contribution in [0.1, 0.15) is 0 Å². The number of halogens is 1. The van der Waals surface area contributed by atoms with E-state index in [-0.39, 0.29) is 12.4 Å². The van der Waals surface area contributed by atoms with E-state index in [1.54, 1.807) is 13.1 Å². The van der Waals surface area contributed by atoms with Crippen LogP contribution in [-0.4, -0.2) is 76.7 Å². The minimum atomic E-state index is -0.732. The molecule has 11 heteroatoms. The fourth-order valence-electron chi connectivity index (χ4n) is 3.28. The largest absolute Gasteiger partial charge is 0.354 e. The van der Waals surface area contributed by atoms with Gasteiger partial charge in [0, 0.05) is 36.4 Å². The summed E-state index contributed by atoms with van der Waals surface area (Å²) in [6.45, 7) is -0.167. The van der Waals surface area contributed by atoms with Gasteiger partial charge in [0.2, 0.25) is 5.91 Å². The van der Waals surface area contributed by atoms with E-state index in [0.717, 1.165) is 14.9 Å². The molecule has 0 saturated carbocycles. The first kappa shape index (κ1) is 19.1. The highest BCUT2D eigenvalue weighted by atomic mass is 79.9. The van der Waals surface area contributed by atoms with E-state index >= 15 is 0 Å². The molecule has 4 amide bonds. The van der Waals surface area contributed by atoms with E-state index in [2.05, 4.69) is 31.5 Å². The summed E-state index contributed by atoms with van der Waals surface area (Å²) in [6.07, 6.45) is 1.50. The predicted octanol–water partition coefficient (Wildman–Crippen LogP) is 1.60. The summed E-state index contributed by atoms with van der Waals surface area (Å²) < 4.78 is 6.22. The number of benzene rings is 1. The van der Waals surface area contributed by atoms with E-state index in [1.165, 1.54) is 23.2 Å². The summed E-state index contributed by atoms with van der Waals surface area (Å²) in [5.41, 5.74) is 0.816. The number of hydrogen-bond donors (Lipinski definition) is 1. The number of imide groups is 1. The summed E-state index contributed by atoms with van der Waals surface area (Å²) in [4.78, 5) is 39.4. The van der Waals surface area contributed by atoms with Crippen molar-refractivity contribution in [1.29, 1.82) is 0 Å². The van der Waals surface area contributed by atoms with E-state index < -0.39 is 29.9 Å². The van der Waals surface area contributed by atoms with Crippen molar-refractivity contribution in [3.63, 3.8) is 0 Å². The first-order valence-corrected chi connectivity index (χ1v) is 9.52. The maximum atomic E-state index is 12.5. The zero-order chi connectivity index (χ0) is 20.7.